The van der Waals surface area contributed by atoms with Crippen LogP contribution in [0.15, 0.2) is 43.0 Å². The van der Waals surface area contributed by atoms with Crippen molar-refractivity contribution in [1.82, 2.24) is 19.5 Å². The van der Waals surface area contributed by atoms with Gasteiger partial charge in [0.15, 0.2) is 0 Å². The van der Waals surface area contributed by atoms with Crippen molar-refractivity contribution in [2.75, 3.05) is 23.3 Å². The molecule has 0 saturated carbocycles. The molecule has 1 fully saturated rings. The minimum absolute atomic E-state index is 0.134. The molecule has 0 bridgehead atoms. The van der Waals surface area contributed by atoms with Crippen LogP contribution in [0.4, 0.5) is 11.6 Å². The summed E-state index contributed by atoms with van der Waals surface area (Å²) in [5, 5.41) is 2.87. The first-order valence-electron chi connectivity index (χ1n) is 8.96. The van der Waals surface area contributed by atoms with Gasteiger partial charge in [0.1, 0.15) is 24.5 Å². The second kappa shape index (κ2) is 7.11. The van der Waals surface area contributed by atoms with Gasteiger partial charge in [0.05, 0.1) is 17.4 Å². The van der Waals surface area contributed by atoms with Crippen LogP contribution >= 0.6 is 0 Å². The highest BCUT2D eigenvalue weighted by atomic mass is 16.2. The lowest BCUT2D eigenvalue weighted by Gasteiger charge is -2.31. The van der Waals surface area contributed by atoms with Crippen molar-refractivity contribution >= 4 is 28.6 Å². The molecule has 4 rings (SSSR count). The van der Waals surface area contributed by atoms with Crippen LogP contribution in [0.5, 0.6) is 0 Å². The molecule has 7 nitrogen and oxygen atoms in total. The number of para-hydroxylation sites is 2. The first-order valence-corrected chi connectivity index (χ1v) is 8.96. The Morgan fingerprint density at radius 3 is 2.85 bits per heavy atom. The Morgan fingerprint density at radius 2 is 2.00 bits per heavy atom. The number of anilines is 2. The van der Waals surface area contributed by atoms with E-state index in [0.717, 1.165) is 35.9 Å². The number of fused-ring (bicyclic) bond motifs is 1. The highest BCUT2D eigenvalue weighted by molar-refractivity contribution is 5.91. The minimum Gasteiger partial charge on any atom is -0.356 e. The summed E-state index contributed by atoms with van der Waals surface area (Å²) in [6, 6.07) is 9.60. The van der Waals surface area contributed by atoms with Gasteiger partial charge in [0.2, 0.25) is 5.91 Å². The smallest absolute Gasteiger partial charge is 0.245 e. The van der Waals surface area contributed by atoms with Crippen molar-refractivity contribution in [1.29, 1.82) is 0 Å². The molecule has 7 heteroatoms. The summed E-state index contributed by atoms with van der Waals surface area (Å²) < 4.78 is 1.83. The number of imidazole rings is 1. The number of amides is 1. The normalized spacial score (nSPS) is 15.3. The molecule has 0 unspecified atom stereocenters. The maximum absolute atomic E-state index is 12.4. The predicted octanol–water partition coefficient (Wildman–Crippen LogP) is 2.70. The number of hydrogen-bond donors (Lipinski definition) is 1. The van der Waals surface area contributed by atoms with E-state index in [-0.39, 0.29) is 12.5 Å². The lowest BCUT2D eigenvalue weighted by atomic mass is 9.99. The van der Waals surface area contributed by atoms with Crippen LogP contribution in [-0.2, 0) is 11.3 Å². The number of hydrogen-bond acceptors (Lipinski definition) is 5. The highest BCUT2D eigenvalue weighted by Gasteiger charge is 2.17. The summed E-state index contributed by atoms with van der Waals surface area (Å²) in [7, 11) is 0. The third kappa shape index (κ3) is 3.51. The third-order valence-corrected chi connectivity index (χ3v) is 4.87. The van der Waals surface area contributed by atoms with Crippen molar-refractivity contribution in [3.63, 3.8) is 0 Å². The van der Waals surface area contributed by atoms with Gasteiger partial charge in [-0.15, -0.1) is 0 Å². The molecule has 0 atom stereocenters. The second-order valence-corrected chi connectivity index (χ2v) is 6.84. The van der Waals surface area contributed by atoms with E-state index in [4.69, 9.17) is 0 Å². The minimum atomic E-state index is -0.134. The van der Waals surface area contributed by atoms with E-state index in [1.807, 2.05) is 34.9 Å². The molecule has 134 valence electrons. The van der Waals surface area contributed by atoms with Crippen molar-refractivity contribution in [2.24, 2.45) is 5.92 Å². The maximum Gasteiger partial charge on any atom is 0.245 e. The first-order chi connectivity index (χ1) is 12.7. The summed E-state index contributed by atoms with van der Waals surface area (Å²) in [5.41, 5.74) is 1.82. The van der Waals surface area contributed by atoms with E-state index in [0.29, 0.717) is 5.82 Å². The highest BCUT2D eigenvalue weighted by Crippen LogP contribution is 2.22. The Labute approximate surface area is 152 Å². The van der Waals surface area contributed by atoms with Gasteiger partial charge in [-0.25, -0.2) is 15.0 Å². The average Bonchev–Trinajstić information content (AvgIpc) is 3.05. The number of aromatic nitrogens is 4. The molecule has 26 heavy (non-hydrogen) atoms. The zero-order chi connectivity index (χ0) is 17.9. The Morgan fingerprint density at radius 1 is 1.19 bits per heavy atom. The number of piperidine rings is 1. The van der Waals surface area contributed by atoms with Gasteiger partial charge in [0.25, 0.3) is 0 Å². The molecule has 1 aliphatic heterocycles. The summed E-state index contributed by atoms with van der Waals surface area (Å²) in [4.78, 5) is 27.5. The first kappa shape index (κ1) is 16.5. The van der Waals surface area contributed by atoms with Crippen LogP contribution in [0.2, 0.25) is 0 Å². The number of nitrogens with zero attached hydrogens (tertiary/aromatic N) is 5. The Kier molecular flexibility index (Phi) is 4.51. The molecular weight excluding hydrogens is 328 g/mol. The number of rotatable bonds is 4. The standard InChI is InChI=1S/C19H22N6O/c1-14-6-8-24(9-7-14)18-10-17(20-12-21-18)23-19(26)11-25-13-22-15-4-2-3-5-16(15)25/h2-5,10,12-14H,6-9,11H2,1H3,(H,20,21,23,26). The molecule has 0 spiro atoms. The van der Waals surface area contributed by atoms with Gasteiger partial charge >= 0.3 is 0 Å². The summed E-state index contributed by atoms with van der Waals surface area (Å²) >= 11 is 0. The monoisotopic (exact) mass is 350 g/mol. The van der Waals surface area contributed by atoms with Crippen LogP contribution in [0, 0.1) is 5.92 Å². The van der Waals surface area contributed by atoms with E-state index < -0.39 is 0 Å². The SMILES string of the molecule is CC1CCN(c2cc(NC(=O)Cn3cnc4ccccc43)ncn2)CC1. The lowest BCUT2D eigenvalue weighted by Crippen LogP contribution is -2.33. The fourth-order valence-electron chi connectivity index (χ4n) is 3.30. The number of carbonyl (C=O) groups excluding carboxylic acids is 1. The zero-order valence-electron chi connectivity index (χ0n) is 14.8. The Hall–Kier alpha value is -2.96. The van der Waals surface area contributed by atoms with E-state index in [2.05, 4.69) is 32.1 Å². The third-order valence-electron chi connectivity index (χ3n) is 4.87. The fraction of sp³-hybridized carbons (Fsp3) is 0.368. The molecule has 1 amide bonds. The van der Waals surface area contributed by atoms with Crippen molar-refractivity contribution in [3.8, 4) is 0 Å². The number of carbonyl (C=O) groups is 1. The van der Waals surface area contributed by atoms with E-state index in [9.17, 15) is 4.79 Å². The number of benzene rings is 1. The van der Waals surface area contributed by atoms with Gasteiger partial charge in [-0.05, 0) is 30.9 Å². The molecule has 1 saturated heterocycles. The van der Waals surface area contributed by atoms with E-state index in [1.165, 1.54) is 19.2 Å². The Balaban J connectivity index is 1.43. The van der Waals surface area contributed by atoms with Crippen LogP contribution in [-0.4, -0.2) is 38.5 Å². The topological polar surface area (TPSA) is 75.9 Å². The summed E-state index contributed by atoms with van der Waals surface area (Å²) in [6.07, 6.45) is 5.53. The van der Waals surface area contributed by atoms with E-state index >= 15 is 0 Å². The molecule has 1 N–H and O–H groups in total. The zero-order valence-corrected chi connectivity index (χ0v) is 14.8. The summed E-state index contributed by atoms with van der Waals surface area (Å²) in [6.45, 7) is 4.46. The van der Waals surface area contributed by atoms with Crippen LogP contribution in [0.25, 0.3) is 11.0 Å². The van der Waals surface area contributed by atoms with Crippen molar-refractivity contribution in [2.45, 2.75) is 26.3 Å². The van der Waals surface area contributed by atoms with Gasteiger partial charge < -0.3 is 14.8 Å². The Bertz CT molecular complexity index is 913. The molecule has 3 heterocycles. The van der Waals surface area contributed by atoms with Crippen molar-refractivity contribution in [3.05, 3.63) is 43.0 Å². The summed E-state index contributed by atoms with van der Waals surface area (Å²) in [5.74, 6) is 2.03. The van der Waals surface area contributed by atoms with Gasteiger partial charge in [0, 0.05) is 19.2 Å². The van der Waals surface area contributed by atoms with Gasteiger partial charge in [-0.2, -0.15) is 0 Å². The molecule has 0 aliphatic carbocycles. The largest absolute Gasteiger partial charge is 0.356 e. The molecular formula is C19H22N6O. The predicted molar refractivity (Wildman–Crippen MR) is 101 cm³/mol. The molecule has 0 radical (unpaired) electrons. The molecule has 2 aromatic heterocycles. The van der Waals surface area contributed by atoms with Gasteiger partial charge in [-0.1, -0.05) is 19.1 Å². The van der Waals surface area contributed by atoms with Crippen LogP contribution in [0.3, 0.4) is 0 Å². The lowest BCUT2D eigenvalue weighted by molar-refractivity contribution is -0.116. The molecule has 1 aliphatic rings. The van der Waals surface area contributed by atoms with Crippen molar-refractivity contribution < 1.29 is 4.79 Å². The fourth-order valence-corrected chi connectivity index (χ4v) is 3.30. The van der Waals surface area contributed by atoms with Gasteiger partial charge in [-0.3, -0.25) is 4.79 Å². The second-order valence-electron chi connectivity index (χ2n) is 6.84. The van der Waals surface area contributed by atoms with Crippen LogP contribution < -0.4 is 10.2 Å². The average molecular weight is 350 g/mol. The van der Waals surface area contributed by atoms with E-state index in [1.54, 1.807) is 6.33 Å². The number of nitrogens with one attached hydrogen (secondary N) is 1. The van der Waals surface area contributed by atoms with Crippen LogP contribution in [0.1, 0.15) is 19.8 Å². The maximum atomic E-state index is 12.4. The quantitative estimate of drug-likeness (QED) is 0.783. The molecule has 1 aromatic carbocycles. The molecule has 3 aromatic rings.